The molecule has 0 saturated carbocycles. The number of nitrogens with two attached hydrogens (primary N) is 1. The van der Waals surface area contributed by atoms with Crippen molar-refractivity contribution in [3.05, 3.63) is 64.1 Å². The van der Waals surface area contributed by atoms with Crippen molar-refractivity contribution < 1.29 is 23.6 Å². The molecule has 0 aliphatic heterocycles. The highest BCUT2D eigenvalue weighted by Crippen LogP contribution is 2.34. The summed E-state index contributed by atoms with van der Waals surface area (Å²) >= 11 is 0. The van der Waals surface area contributed by atoms with E-state index >= 15 is 0 Å². The molecule has 2 N–H and O–H groups in total. The fourth-order valence-corrected chi connectivity index (χ4v) is 2.40. The number of ether oxygens (including phenoxy) is 2. The lowest BCUT2D eigenvalue weighted by Crippen LogP contribution is -2.12. The van der Waals surface area contributed by atoms with Gasteiger partial charge in [-0.25, -0.2) is 4.39 Å². The average molecular weight is 357 g/mol. The van der Waals surface area contributed by atoms with Crippen LogP contribution in [0.4, 0.5) is 10.1 Å². The van der Waals surface area contributed by atoms with Crippen molar-refractivity contribution in [2.45, 2.75) is 0 Å². The Balaban J connectivity index is 2.09. The maximum absolute atomic E-state index is 14.1. The molecule has 1 heterocycles. The van der Waals surface area contributed by atoms with E-state index in [0.29, 0.717) is 10.9 Å². The number of halogens is 1. The second-order valence-electron chi connectivity index (χ2n) is 5.22. The Morgan fingerprint density at radius 3 is 2.58 bits per heavy atom. The second kappa shape index (κ2) is 6.63. The van der Waals surface area contributed by atoms with Gasteiger partial charge in [-0.15, -0.1) is 0 Å². The van der Waals surface area contributed by atoms with Gasteiger partial charge in [0.05, 0.1) is 29.2 Å². The smallest absolute Gasteiger partial charge is 0.272 e. The van der Waals surface area contributed by atoms with Gasteiger partial charge >= 0.3 is 0 Å². The summed E-state index contributed by atoms with van der Waals surface area (Å²) in [7, 11) is 1.39. The maximum Gasteiger partial charge on any atom is 0.272 e. The third kappa shape index (κ3) is 3.09. The number of non-ortho nitro benzene ring substituents is 1. The number of rotatable bonds is 5. The van der Waals surface area contributed by atoms with Gasteiger partial charge in [0.25, 0.3) is 11.6 Å². The van der Waals surface area contributed by atoms with Crippen LogP contribution >= 0.6 is 0 Å². The highest BCUT2D eigenvalue weighted by atomic mass is 19.1. The lowest BCUT2D eigenvalue weighted by atomic mass is 10.1. The Kier molecular flexibility index (Phi) is 4.36. The van der Waals surface area contributed by atoms with E-state index in [1.54, 1.807) is 0 Å². The molecule has 0 aliphatic carbocycles. The molecule has 0 unspecified atom stereocenters. The van der Waals surface area contributed by atoms with Crippen LogP contribution in [0.1, 0.15) is 10.4 Å². The van der Waals surface area contributed by atoms with Crippen molar-refractivity contribution in [3.63, 3.8) is 0 Å². The minimum absolute atomic E-state index is 0.113. The summed E-state index contributed by atoms with van der Waals surface area (Å²) in [6.45, 7) is 0. The summed E-state index contributed by atoms with van der Waals surface area (Å²) in [4.78, 5) is 25.7. The van der Waals surface area contributed by atoms with Crippen LogP contribution in [0.15, 0.2) is 42.6 Å². The molecule has 0 radical (unpaired) electrons. The third-order valence-electron chi connectivity index (χ3n) is 3.63. The average Bonchev–Trinajstić information content (AvgIpc) is 2.62. The molecule has 3 aromatic rings. The lowest BCUT2D eigenvalue weighted by molar-refractivity contribution is -0.385. The van der Waals surface area contributed by atoms with Crippen molar-refractivity contribution in [2.24, 2.45) is 5.73 Å². The first-order valence-electron chi connectivity index (χ1n) is 7.29. The first-order valence-corrected chi connectivity index (χ1v) is 7.29. The number of amides is 1. The van der Waals surface area contributed by atoms with Gasteiger partial charge in [0.1, 0.15) is 11.5 Å². The Bertz CT molecular complexity index is 1040. The number of carbonyl (C=O) groups excluding carboxylic acids is 1. The van der Waals surface area contributed by atoms with Gasteiger partial charge in [-0.1, -0.05) is 0 Å². The summed E-state index contributed by atoms with van der Waals surface area (Å²) in [6, 6.07) is 7.45. The molecular formula is C17H12FN3O5. The second-order valence-corrected chi connectivity index (χ2v) is 5.22. The van der Waals surface area contributed by atoms with Crippen molar-refractivity contribution in [2.75, 3.05) is 7.11 Å². The number of fused-ring (bicyclic) bond motifs is 1. The van der Waals surface area contributed by atoms with Crippen LogP contribution in [-0.4, -0.2) is 22.9 Å². The predicted molar refractivity (Wildman–Crippen MR) is 89.9 cm³/mol. The zero-order valence-corrected chi connectivity index (χ0v) is 13.4. The van der Waals surface area contributed by atoms with E-state index < -0.39 is 22.3 Å². The van der Waals surface area contributed by atoms with Gasteiger partial charge in [0.2, 0.25) is 0 Å². The maximum atomic E-state index is 14.1. The molecule has 0 atom stereocenters. The van der Waals surface area contributed by atoms with Gasteiger partial charge in [-0.3, -0.25) is 19.9 Å². The fraction of sp³-hybridized carbons (Fsp3) is 0.0588. The molecule has 0 aliphatic rings. The lowest BCUT2D eigenvalue weighted by Gasteiger charge is -2.12. The van der Waals surface area contributed by atoms with E-state index in [1.807, 2.05) is 0 Å². The number of benzene rings is 2. The molecule has 0 bridgehead atoms. The number of pyridine rings is 1. The number of nitro groups is 1. The molecule has 9 heteroatoms. The molecule has 26 heavy (non-hydrogen) atoms. The van der Waals surface area contributed by atoms with Crippen LogP contribution in [0.2, 0.25) is 0 Å². The van der Waals surface area contributed by atoms with Crippen LogP contribution in [0.5, 0.6) is 17.2 Å². The molecule has 1 amide bonds. The van der Waals surface area contributed by atoms with E-state index in [1.165, 1.54) is 31.5 Å². The Morgan fingerprint density at radius 2 is 1.96 bits per heavy atom. The SMILES string of the molecule is COc1cc2nccc(Oc3ccc([N+](=O)[O-])cc3F)c2cc1C(N)=O. The zero-order chi connectivity index (χ0) is 18.8. The quantitative estimate of drug-likeness (QED) is 0.553. The number of carbonyl (C=O) groups is 1. The van der Waals surface area contributed by atoms with Crippen LogP contribution in [0, 0.1) is 15.9 Å². The van der Waals surface area contributed by atoms with Gasteiger partial charge in [-0.05, 0) is 18.2 Å². The van der Waals surface area contributed by atoms with Gasteiger partial charge in [-0.2, -0.15) is 0 Å². The number of nitro benzene ring substituents is 1. The molecule has 1 aromatic heterocycles. The fourth-order valence-electron chi connectivity index (χ4n) is 2.40. The Labute approximate surface area is 146 Å². The van der Waals surface area contributed by atoms with E-state index in [2.05, 4.69) is 4.98 Å². The topological polar surface area (TPSA) is 118 Å². The molecule has 132 valence electrons. The van der Waals surface area contributed by atoms with Crippen molar-refractivity contribution in [1.29, 1.82) is 0 Å². The van der Waals surface area contributed by atoms with Crippen LogP contribution in [0.25, 0.3) is 10.9 Å². The molecule has 8 nitrogen and oxygen atoms in total. The highest BCUT2D eigenvalue weighted by Gasteiger charge is 2.16. The van der Waals surface area contributed by atoms with Crippen LogP contribution in [-0.2, 0) is 0 Å². The van der Waals surface area contributed by atoms with E-state index in [0.717, 1.165) is 18.2 Å². The predicted octanol–water partition coefficient (Wildman–Crippen LogP) is 3.18. The molecule has 2 aromatic carbocycles. The Hall–Kier alpha value is -3.75. The summed E-state index contributed by atoms with van der Waals surface area (Å²) in [5, 5.41) is 11.1. The number of methoxy groups -OCH3 is 1. The minimum atomic E-state index is -0.896. The highest BCUT2D eigenvalue weighted by molar-refractivity contribution is 6.01. The molecular weight excluding hydrogens is 345 g/mol. The summed E-state index contributed by atoms with van der Waals surface area (Å²) < 4.78 is 24.7. The number of aromatic nitrogens is 1. The first kappa shape index (κ1) is 17.1. The summed E-state index contributed by atoms with van der Waals surface area (Å²) in [5.74, 6) is -1.36. The van der Waals surface area contributed by atoms with E-state index in [4.69, 9.17) is 15.2 Å². The number of nitrogens with zero attached hydrogens (tertiary/aromatic N) is 2. The normalized spacial score (nSPS) is 10.5. The first-order chi connectivity index (χ1) is 12.4. The monoisotopic (exact) mass is 357 g/mol. The standard InChI is InChI=1S/C17H12FN3O5/c1-25-16-8-13-10(7-11(16)17(19)22)14(4-5-20-13)26-15-3-2-9(21(23)24)6-12(15)18/h2-8H,1H3,(H2,19,22). The van der Waals surface area contributed by atoms with E-state index in [-0.39, 0.29) is 22.8 Å². The number of hydrogen-bond acceptors (Lipinski definition) is 6. The van der Waals surface area contributed by atoms with Crippen LogP contribution in [0.3, 0.4) is 0 Å². The number of hydrogen-bond donors (Lipinski definition) is 1. The molecule has 0 spiro atoms. The van der Waals surface area contributed by atoms with Gasteiger partial charge in [0.15, 0.2) is 11.6 Å². The third-order valence-corrected chi connectivity index (χ3v) is 3.63. The van der Waals surface area contributed by atoms with Gasteiger partial charge < -0.3 is 15.2 Å². The van der Waals surface area contributed by atoms with Crippen molar-refractivity contribution in [1.82, 2.24) is 4.98 Å². The van der Waals surface area contributed by atoms with Crippen LogP contribution < -0.4 is 15.2 Å². The molecule has 3 rings (SSSR count). The van der Waals surface area contributed by atoms with Crippen molar-refractivity contribution in [3.8, 4) is 17.2 Å². The minimum Gasteiger partial charge on any atom is -0.496 e. The summed E-state index contributed by atoms with van der Waals surface area (Å²) in [6.07, 6.45) is 1.43. The number of primary amides is 1. The van der Waals surface area contributed by atoms with Crippen molar-refractivity contribution >= 4 is 22.5 Å². The Morgan fingerprint density at radius 1 is 1.19 bits per heavy atom. The van der Waals surface area contributed by atoms with E-state index in [9.17, 15) is 19.3 Å². The van der Waals surface area contributed by atoms with Gasteiger partial charge in [0, 0.05) is 23.7 Å². The molecule has 0 fully saturated rings. The largest absolute Gasteiger partial charge is 0.496 e. The zero-order valence-electron chi connectivity index (χ0n) is 13.4. The summed E-state index contributed by atoms with van der Waals surface area (Å²) in [5.41, 5.74) is 5.51. The molecule has 0 saturated heterocycles.